The van der Waals surface area contributed by atoms with Gasteiger partial charge in [-0.05, 0) is 55.7 Å². The number of rotatable bonds is 5. The number of benzene rings is 1. The lowest BCUT2D eigenvalue weighted by Crippen LogP contribution is -2.59. The minimum atomic E-state index is -0.684. The highest BCUT2D eigenvalue weighted by molar-refractivity contribution is 5.92. The van der Waals surface area contributed by atoms with Crippen molar-refractivity contribution in [1.82, 2.24) is 25.3 Å². The maximum atomic E-state index is 13.8. The molecule has 4 amide bonds. The number of nitrogens with zero attached hydrogens (tertiary/aromatic N) is 3. The largest absolute Gasteiger partial charge is 0.459 e. The quantitative estimate of drug-likeness (QED) is 0.486. The first-order chi connectivity index (χ1) is 22.4. The van der Waals surface area contributed by atoms with E-state index in [1.165, 1.54) is 6.26 Å². The van der Waals surface area contributed by atoms with Crippen LogP contribution >= 0.6 is 0 Å². The normalized spacial score (nSPS) is 26.7. The predicted octanol–water partition coefficient (Wildman–Crippen LogP) is 2.25. The first-order valence-electron chi connectivity index (χ1n) is 16.6. The summed E-state index contributed by atoms with van der Waals surface area (Å²) >= 11 is 0. The molecule has 0 unspecified atom stereocenters. The van der Waals surface area contributed by atoms with Gasteiger partial charge in [-0.3, -0.25) is 24.1 Å². The predicted molar refractivity (Wildman–Crippen MR) is 171 cm³/mol. The van der Waals surface area contributed by atoms with Crippen molar-refractivity contribution >= 4 is 23.6 Å². The summed E-state index contributed by atoms with van der Waals surface area (Å²) in [7, 11) is 0. The van der Waals surface area contributed by atoms with Crippen LogP contribution in [0.2, 0.25) is 0 Å². The van der Waals surface area contributed by atoms with Crippen molar-refractivity contribution in [2.45, 2.75) is 50.6 Å². The van der Waals surface area contributed by atoms with Crippen LogP contribution < -0.4 is 10.6 Å². The Morgan fingerprint density at radius 3 is 2.39 bits per heavy atom. The van der Waals surface area contributed by atoms with E-state index < -0.39 is 11.5 Å². The van der Waals surface area contributed by atoms with Crippen molar-refractivity contribution in [3.63, 3.8) is 0 Å². The number of carbonyl (C=O) groups is 4. The zero-order valence-corrected chi connectivity index (χ0v) is 26.4. The molecule has 11 nitrogen and oxygen atoms in total. The van der Waals surface area contributed by atoms with Crippen molar-refractivity contribution in [3.8, 4) is 0 Å². The molecule has 5 heterocycles. The van der Waals surface area contributed by atoms with E-state index in [9.17, 15) is 19.2 Å². The van der Waals surface area contributed by atoms with Crippen LogP contribution in [0.15, 0.2) is 65.3 Å². The van der Waals surface area contributed by atoms with Crippen molar-refractivity contribution in [1.29, 1.82) is 0 Å². The molecule has 3 fully saturated rings. The third kappa shape index (κ3) is 7.53. The van der Waals surface area contributed by atoms with E-state index in [-0.39, 0.29) is 35.6 Å². The summed E-state index contributed by atoms with van der Waals surface area (Å²) < 4.78 is 10.9. The van der Waals surface area contributed by atoms with Gasteiger partial charge >= 0.3 is 0 Å². The molecule has 0 aliphatic carbocycles. The van der Waals surface area contributed by atoms with Gasteiger partial charge in [0.15, 0.2) is 5.76 Å². The van der Waals surface area contributed by atoms with Gasteiger partial charge in [0.05, 0.1) is 18.2 Å². The van der Waals surface area contributed by atoms with Gasteiger partial charge in [-0.25, -0.2) is 0 Å². The van der Waals surface area contributed by atoms with Crippen LogP contribution in [0.1, 0.15) is 48.2 Å². The number of fused-ring (bicyclic) bond motifs is 1. The summed E-state index contributed by atoms with van der Waals surface area (Å²) in [5.41, 5.74) is 0.396. The second-order valence-electron chi connectivity index (χ2n) is 13.1. The van der Waals surface area contributed by atoms with Gasteiger partial charge in [0.25, 0.3) is 5.91 Å². The van der Waals surface area contributed by atoms with E-state index in [0.717, 1.165) is 18.4 Å². The fraction of sp³-hybridized carbons (Fsp3) is 0.543. The lowest BCUT2D eigenvalue weighted by atomic mass is 9.75. The Balaban J connectivity index is 1.11. The smallest absolute Gasteiger partial charge is 0.289 e. The third-order valence-electron chi connectivity index (χ3n) is 10.1. The number of amides is 4. The summed E-state index contributed by atoms with van der Waals surface area (Å²) in [4.78, 5) is 59.3. The van der Waals surface area contributed by atoms with E-state index in [4.69, 9.17) is 9.15 Å². The van der Waals surface area contributed by atoms with Crippen LogP contribution in [0.25, 0.3) is 0 Å². The number of piperazine rings is 1. The SMILES string of the molecule is O=C1N[C@H]2CCN(CC(=O)N3CCN(C(=O)c4ccco4)CC3)C[C@H]2C/C=C/CC2(CCOCC2)C(=O)N[C@@H]1Cc1ccccc1. The minimum Gasteiger partial charge on any atom is -0.459 e. The van der Waals surface area contributed by atoms with Crippen LogP contribution in [0, 0.1) is 11.3 Å². The summed E-state index contributed by atoms with van der Waals surface area (Å²) in [5.74, 6) is 0.118. The minimum absolute atomic E-state index is 0.0587. The fourth-order valence-corrected chi connectivity index (χ4v) is 7.21. The number of likely N-dealkylation sites (tertiary alicyclic amines) is 1. The molecule has 0 bridgehead atoms. The highest BCUT2D eigenvalue weighted by Crippen LogP contribution is 2.36. The molecule has 3 atom stereocenters. The van der Waals surface area contributed by atoms with Gasteiger partial charge in [0.2, 0.25) is 17.7 Å². The average molecular weight is 632 g/mol. The molecule has 1 aromatic heterocycles. The Kier molecular flexibility index (Phi) is 10.2. The monoisotopic (exact) mass is 631 g/mol. The Morgan fingerprint density at radius 1 is 0.891 bits per heavy atom. The molecule has 0 saturated carbocycles. The van der Waals surface area contributed by atoms with Crippen LogP contribution in [-0.4, -0.2) is 109 Å². The second-order valence-corrected chi connectivity index (χ2v) is 13.1. The molecule has 3 saturated heterocycles. The highest BCUT2D eigenvalue weighted by Gasteiger charge is 2.42. The van der Waals surface area contributed by atoms with Gasteiger partial charge in [-0.1, -0.05) is 42.5 Å². The molecule has 1 spiro atoms. The molecule has 2 N–H and O–H groups in total. The first-order valence-corrected chi connectivity index (χ1v) is 16.6. The summed E-state index contributed by atoms with van der Waals surface area (Å²) in [6.07, 6.45) is 9.50. The molecular formula is C35H45N5O6. The molecule has 46 heavy (non-hydrogen) atoms. The van der Waals surface area contributed by atoms with Crippen LogP contribution in [0.4, 0.5) is 0 Å². The molecule has 246 valence electrons. The third-order valence-corrected chi connectivity index (χ3v) is 10.1. The van der Waals surface area contributed by atoms with Gasteiger partial charge < -0.3 is 29.6 Å². The number of hydrogen-bond donors (Lipinski definition) is 2. The number of carbonyl (C=O) groups excluding carboxylic acids is 4. The molecule has 11 heteroatoms. The van der Waals surface area contributed by atoms with Crippen LogP contribution in [-0.2, 0) is 25.5 Å². The summed E-state index contributed by atoms with van der Waals surface area (Å²) in [6.45, 7) is 4.67. The number of allylic oxidation sites excluding steroid dienone is 2. The Hall–Kier alpha value is -3.96. The second kappa shape index (κ2) is 14.6. The lowest BCUT2D eigenvalue weighted by molar-refractivity contribution is -0.140. The van der Waals surface area contributed by atoms with Crippen molar-refractivity contribution in [3.05, 3.63) is 72.2 Å². The number of piperidine rings is 1. The fourth-order valence-electron chi connectivity index (χ4n) is 7.21. The molecule has 1 aromatic carbocycles. The van der Waals surface area contributed by atoms with E-state index in [0.29, 0.717) is 90.5 Å². The maximum absolute atomic E-state index is 13.8. The molecule has 0 radical (unpaired) electrons. The number of hydrogen-bond acceptors (Lipinski definition) is 7. The van der Waals surface area contributed by atoms with E-state index in [1.54, 1.807) is 17.0 Å². The average Bonchev–Trinajstić information content (AvgIpc) is 3.63. The zero-order valence-electron chi connectivity index (χ0n) is 26.4. The van der Waals surface area contributed by atoms with Crippen LogP contribution in [0.3, 0.4) is 0 Å². The topological polar surface area (TPSA) is 124 Å². The van der Waals surface area contributed by atoms with Crippen molar-refractivity contribution in [2.75, 3.05) is 59.0 Å². The molecule has 2 aromatic rings. The van der Waals surface area contributed by atoms with Gasteiger partial charge in [0.1, 0.15) is 6.04 Å². The molecule has 4 aliphatic rings. The summed E-state index contributed by atoms with van der Waals surface area (Å²) in [5, 5.41) is 6.45. The van der Waals surface area contributed by atoms with E-state index in [2.05, 4.69) is 27.7 Å². The Labute approximate surface area is 270 Å². The van der Waals surface area contributed by atoms with Crippen molar-refractivity contribution in [2.24, 2.45) is 11.3 Å². The maximum Gasteiger partial charge on any atom is 0.289 e. The van der Waals surface area contributed by atoms with Gasteiger partial charge in [-0.15, -0.1) is 0 Å². The number of nitrogens with one attached hydrogen (secondary N) is 2. The number of ether oxygens (including phenoxy) is 1. The van der Waals surface area contributed by atoms with E-state index in [1.807, 2.05) is 35.2 Å². The molecule has 6 rings (SSSR count). The standard InChI is InChI=1S/C35H45N5O6/c41-31(39-16-18-40(19-17-39)33(43)30-10-6-20-46-30)25-38-15-11-28-27(24-38)9-4-5-12-35(13-21-45-22-14-35)34(44)37-29(32(42)36-28)23-26-7-2-1-3-8-26/h1-8,10,20,27-29H,9,11-19,21-25H2,(H,36,42)(H,37,44)/b5-4+/t27-,28+,29-/m1/s1. The number of furan rings is 1. The molecule has 4 aliphatic heterocycles. The van der Waals surface area contributed by atoms with Gasteiger partial charge in [0, 0.05) is 64.9 Å². The van der Waals surface area contributed by atoms with E-state index >= 15 is 0 Å². The Morgan fingerprint density at radius 2 is 1.65 bits per heavy atom. The lowest BCUT2D eigenvalue weighted by Gasteiger charge is -2.41. The zero-order chi connectivity index (χ0) is 31.9. The summed E-state index contributed by atoms with van der Waals surface area (Å²) in [6, 6.07) is 12.4. The van der Waals surface area contributed by atoms with Crippen molar-refractivity contribution < 1.29 is 28.3 Å². The molecular weight excluding hydrogens is 586 g/mol. The highest BCUT2D eigenvalue weighted by atomic mass is 16.5. The van der Waals surface area contributed by atoms with Gasteiger partial charge in [-0.2, -0.15) is 0 Å². The van der Waals surface area contributed by atoms with Crippen LogP contribution in [0.5, 0.6) is 0 Å². The first kappa shape index (κ1) is 32.0. The Bertz CT molecular complexity index is 1380.